The van der Waals surface area contributed by atoms with Crippen LogP contribution in [0.15, 0.2) is 23.4 Å². The van der Waals surface area contributed by atoms with Gasteiger partial charge in [0.15, 0.2) is 0 Å². The van der Waals surface area contributed by atoms with Crippen LogP contribution in [-0.2, 0) is 0 Å². The molecule has 3 heteroatoms. The monoisotopic (exact) mass is 180 g/mol. The summed E-state index contributed by atoms with van der Waals surface area (Å²) in [4.78, 5) is 0. The molecule has 4 N–H and O–H groups in total. The molecule has 0 amide bonds. The fourth-order valence-electron chi connectivity index (χ4n) is 2.01. The molecule has 0 fully saturated rings. The zero-order valence-corrected chi connectivity index (χ0v) is 7.66. The summed E-state index contributed by atoms with van der Waals surface area (Å²) in [6, 6.07) is 0.0937. The molecule has 13 heavy (non-hydrogen) atoms. The van der Waals surface area contributed by atoms with Gasteiger partial charge in [-0.3, -0.25) is 0 Å². The lowest BCUT2D eigenvalue weighted by atomic mass is 10.0. The highest BCUT2D eigenvalue weighted by molar-refractivity contribution is 5.35. The lowest BCUT2D eigenvalue weighted by Crippen LogP contribution is -2.31. The fourth-order valence-corrected chi connectivity index (χ4v) is 2.01. The maximum Gasteiger partial charge on any atom is 0.0937 e. The number of dihydropyridines is 1. The van der Waals surface area contributed by atoms with Gasteiger partial charge in [0.2, 0.25) is 0 Å². The highest BCUT2D eigenvalue weighted by Gasteiger charge is 2.23. The molecule has 2 rings (SSSR count). The van der Waals surface area contributed by atoms with Crippen LogP contribution in [0.5, 0.6) is 0 Å². The van der Waals surface area contributed by atoms with Gasteiger partial charge in [-0.1, -0.05) is 12.2 Å². The molecular weight excluding hydrogens is 164 g/mol. The van der Waals surface area contributed by atoms with Gasteiger partial charge >= 0.3 is 0 Å². The summed E-state index contributed by atoms with van der Waals surface area (Å²) >= 11 is 0. The van der Waals surface area contributed by atoms with Crippen molar-refractivity contribution in [2.24, 2.45) is 5.73 Å². The first-order chi connectivity index (χ1) is 6.29. The molecule has 0 aromatic carbocycles. The molecule has 1 aliphatic heterocycles. The summed E-state index contributed by atoms with van der Waals surface area (Å²) in [5.74, 6) is 0. The molecule has 3 nitrogen and oxygen atoms in total. The molecule has 0 saturated carbocycles. The van der Waals surface area contributed by atoms with E-state index in [0.717, 1.165) is 37.1 Å². The van der Waals surface area contributed by atoms with Crippen LogP contribution < -0.4 is 11.1 Å². The van der Waals surface area contributed by atoms with Gasteiger partial charge in [-0.05, 0) is 24.8 Å². The molecule has 2 aliphatic rings. The third-order valence-electron chi connectivity index (χ3n) is 2.74. The van der Waals surface area contributed by atoms with Crippen molar-refractivity contribution in [2.45, 2.75) is 31.4 Å². The number of aliphatic hydroxyl groups is 1. The van der Waals surface area contributed by atoms with Gasteiger partial charge in [0, 0.05) is 18.3 Å². The van der Waals surface area contributed by atoms with E-state index >= 15 is 0 Å². The summed E-state index contributed by atoms with van der Waals surface area (Å²) in [6.07, 6.45) is 6.57. The lowest BCUT2D eigenvalue weighted by Gasteiger charge is -2.22. The van der Waals surface area contributed by atoms with Gasteiger partial charge in [0.05, 0.1) is 6.10 Å². The third kappa shape index (κ3) is 1.62. The molecular formula is C10H16N2O. The van der Waals surface area contributed by atoms with Crippen LogP contribution in [-0.4, -0.2) is 23.8 Å². The first kappa shape index (κ1) is 8.78. The standard InChI is InChI=1S/C10H16N2O/c11-8-4-1-5-9(13)10-7(8)3-2-6-12-10/h2-3,8-9,12-13H,1,4-6,11H2. The van der Waals surface area contributed by atoms with Crippen molar-refractivity contribution in [3.8, 4) is 0 Å². The van der Waals surface area contributed by atoms with Gasteiger partial charge in [0.25, 0.3) is 0 Å². The largest absolute Gasteiger partial charge is 0.387 e. The van der Waals surface area contributed by atoms with E-state index < -0.39 is 0 Å². The zero-order chi connectivity index (χ0) is 9.26. The number of hydrogen-bond acceptors (Lipinski definition) is 3. The summed E-state index contributed by atoms with van der Waals surface area (Å²) in [7, 11) is 0. The Morgan fingerprint density at radius 2 is 2.31 bits per heavy atom. The minimum atomic E-state index is -0.339. The molecule has 0 aromatic rings. The Kier molecular flexibility index (Phi) is 2.38. The van der Waals surface area contributed by atoms with Gasteiger partial charge in [-0.2, -0.15) is 0 Å². The lowest BCUT2D eigenvalue weighted by molar-refractivity contribution is 0.191. The zero-order valence-electron chi connectivity index (χ0n) is 7.66. The van der Waals surface area contributed by atoms with Gasteiger partial charge in [-0.15, -0.1) is 0 Å². The van der Waals surface area contributed by atoms with E-state index in [1.165, 1.54) is 0 Å². The molecule has 2 unspecified atom stereocenters. The van der Waals surface area contributed by atoms with Crippen LogP contribution in [0.4, 0.5) is 0 Å². The molecule has 72 valence electrons. The van der Waals surface area contributed by atoms with E-state index in [1.807, 2.05) is 6.08 Å². The summed E-state index contributed by atoms with van der Waals surface area (Å²) in [5.41, 5.74) is 8.04. The molecule has 0 radical (unpaired) electrons. The van der Waals surface area contributed by atoms with Crippen molar-refractivity contribution in [3.63, 3.8) is 0 Å². The molecule has 1 heterocycles. The molecule has 2 atom stereocenters. The number of nitrogens with one attached hydrogen (secondary N) is 1. The van der Waals surface area contributed by atoms with Crippen molar-refractivity contribution in [2.75, 3.05) is 6.54 Å². The van der Waals surface area contributed by atoms with E-state index in [0.29, 0.717) is 0 Å². The first-order valence-corrected chi connectivity index (χ1v) is 4.87. The van der Waals surface area contributed by atoms with Crippen molar-refractivity contribution < 1.29 is 5.11 Å². The molecule has 1 aliphatic carbocycles. The maximum absolute atomic E-state index is 9.79. The number of hydrogen-bond donors (Lipinski definition) is 3. The molecule has 0 bridgehead atoms. The second-order valence-corrected chi connectivity index (χ2v) is 3.71. The average Bonchev–Trinajstić information content (AvgIpc) is 2.29. The van der Waals surface area contributed by atoms with Crippen LogP contribution in [0.3, 0.4) is 0 Å². The highest BCUT2D eigenvalue weighted by atomic mass is 16.3. The number of nitrogens with two attached hydrogens (primary N) is 1. The van der Waals surface area contributed by atoms with E-state index in [2.05, 4.69) is 11.4 Å². The van der Waals surface area contributed by atoms with Crippen molar-refractivity contribution in [1.82, 2.24) is 5.32 Å². The smallest absolute Gasteiger partial charge is 0.0937 e. The van der Waals surface area contributed by atoms with E-state index in [1.54, 1.807) is 0 Å². The highest BCUT2D eigenvalue weighted by Crippen LogP contribution is 2.24. The Morgan fingerprint density at radius 3 is 3.15 bits per heavy atom. The summed E-state index contributed by atoms with van der Waals surface area (Å²) < 4.78 is 0. The van der Waals surface area contributed by atoms with Gasteiger partial charge in [-0.25, -0.2) is 0 Å². The van der Waals surface area contributed by atoms with E-state index in [-0.39, 0.29) is 12.1 Å². The normalized spacial score (nSPS) is 33.7. The summed E-state index contributed by atoms with van der Waals surface area (Å²) in [6.45, 7) is 0.808. The molecule has 0 aromatic heterocycles. The maximum atomic E-state index is 9.79. The second-order valence-electron chi connectivity index (χ2n) is 3.71. The predicted octanol–water partition coefficient (Wildman–Crippen LogP) is 0.272. The molecule has 0 saturated heterocycles. The van der Waals surface area contributed by atoms with Crippen LogP contribution >= 0.6 is 0 Å². The van der Waals surface area contributed by atoms with Crippen molar-refractivity contribution in [3.05, 3.63) is 23.4 Å². The van der Waals surface area contributed by atoms with E-state index in [4.69, 9.17) is 5.73 Å². The van der Waals surface area contributed by atoms with Gasteiger partial charge < -0.3 is 16.2 Å². The topological polar surface area (TPSA) is 58.3 Å². The van der Waals surface area contributed by atoms with Crippen LogP contribution in [0.2, 0.25) is 0 Å². The van der Waals surface area contributed by atoms with Crippen LogP contribution in [0.25, 0.3) is 0 Å². The minimum Gasteiger partial charge on any atom is -0.387 e. The third-order valence-corrected chi connectivity index (χ3v) is 2.74. The Labute approximate surface area is 78.3 Å². The number of rotatable bonds is 0. The Morgan fingerprint density at radius 1 is 1.46 bits per heavy atom. The second kappa shape index (κ2) is 3.52. The Balaban J connectivity index is 2.32. The fraction of sp³-hybridized carbons (Fsp3) is 0.600. The average molecular weight is 180 g/mol. The Bertz CT molecular complexity index is 258. The van der Waals surface area contributed by atoms with Crippen LogP contribution in [0, 0.1) is 0 Å². The Hall–Kier alpha value is -0.800. The minimum absolute atomic E-state index is 0.0937. The SMILES string of the molecule is NC1CCCC(O)C2=C1C=CCN2. The van der Waals surface area contributed by atoms with E-state index in [9.17, 15) is 5.11 Å². The van der Waals surface area contributed by atoms with Gasteiger partial charge in [0.1, 0.15) is 0 Å². The predicted molar refractivity (Wildman–Crippen MR) is 52.0 cm³/mol. The summed E-state index contributed by atoms with van der Waals surface area (Å²) in [5, 5.41) is 13.0. The van der Waals surface area contributed by atoms with Crippen LogP contribution in [0.1, 0.15) is 19.3 Å². The molecule has 0 spiro atoms. The first-order valence-electron chi connectivity index (χ1n) is 4.87. The van der Waals surface area contributed by atoms with Crippen molar-refractivity contribution >= 4 is 0 Å². The van der Waals surface area contributed by atoms with Crippen molar-refractivity contribution in [1.29, 1.82) is 0 Å². The number of aliphatic hydroxyl groups excluding tert-OH is 1. The quantitative estimate of drug-likeness (QED) is 0.501.